The Balaban J connectivity index is 1.47. The van der Waals surface area contributed by atoms with E-state index in [1.807, 2.05) is 30.3 Å². The zero-order valence-electron chi connectivity index (χ0n) is 16.5. The third kappa shape index (κ3) is 6.34. The van der Waals surface area contributed by atoms with Crippen molar-refractivity contribution in [2.45, 2.75) is 44.6 Å². The maximum absolute atomic E-state index is 12.4. The van der Waals surface area contributed by atoms with Gasteiger partial charge in [0.05, 0.1) is 12.5 Å². The average molecular weight is 382 g/mol. The average Bonchev–Trinajstić information content (AvgIpc) is 2.72. The number of benzene rings is 1. The number of rotatable bonds is 8. The minimum Gasteiger partial charge on any atom is -0.356 e. The van der Waals surface area contributed by atoms with E-state index in [-0.39, 0.29) is 18.2 Å². The number of hydrogen-bond acceptors (Lipinski definition) is 3. The van der Waals surface area contributed by atoms with Crippen molar-refractivity contribution in [3.8, 4) is 0 Å². The van der Waals surface area contributed by atoms with Crippen LogP contribution in [-0.2, 0) is 9.59 Å². The van der Waals surface area contributed by atoms with E-state index < -0.39 is 6.04 Å². The molecule has 0 bridgehead atoms. The molecule has 5 heteroatoms. The molecule has 0 saturated carbocycles. The molecule has 1 fully saturated rings. The van der Waals surface area contributed by atoms with Crippen LogP contribution < -0.4 is 10.6 Å². The van der Waals surface area contributed by atoms with Crippen LogP contribution in [0.4, 0.5) is 0 Å². The fraction of sp³-hybridized carbons (Fsp3) is 0.478. The molecule has 1 aromatic carbocycles. The van der Waals surface area contributed by atoms with Crippen molar-refractivity contribution in [3.05, 3.63) is 53.6 Å². The molecule has 28 heavy (non-hydrogen) atoms. The fourth-order valence-electron chi connectivity index (χ4n) is 3.83. The van der Waals surface area contributed by atoms with E-state index in [1.165, 1.54) is 18.4 Å². The van der Waals surface area contributed by atoms with Crippen LogP contribution in [0.15, 0.2) is 48.1 Å². The summed E-state index contributed by atoms with van der Waals surface area (Å²) in [5.41, 5.74) is 2.59. The highest BCUT2D eigenvalue weighted by Crippen LogP contribution is 2.19. The lowest BCUT2D eigenvalue weighted by Crippen LogP contribution is -2.56. The lowest BCUT2D eigenvalue weighted by molar-refractivity contribution is -0.133. The number of allylic oxidation sites excluding steroid dienone is 1. The van der Waals surface area contributed by atoms with Crippen molar-refractivity contribution >= 4 is 17.9 Å². The summed E-state index contributed by atoms with van der Waals surface area (Å²) in [6.07, 6.45) is 12.4. The van der Waals surface area contributed by atoms with Crippen LogP contribution in [0.5, 0.6) is 0 Å². The Morgan fingerprint density at radius 2 is 2.11 bits per heavy atom. The van der Waals surface area contributed by atoms with Crippen molar-refractivity contribution in [3.63, 3.8) is 0 Å². The molecule has 3 rings (SSSR count). The van der Waals surface area contributed by atoms with E-state index in [1.54, 1.807) is 0 Å². The van der Waals surface area contributed by atoms with Gasteiger partial charge in [-0.25, -0.2) is 0 Å². The van der Waals surface area contributed by atoms with Gasteiger partial charge in [-0.05, 0) is 37.7 Å². The molecule has 1 heterocycles. The molecule has 2 aliphatic rings. The van der Waals surface area contributed by atoms with Gasteiger partial charge in [0, 0.05) is 26.2 Å². The van der Waals surface area contributed by atoms with Crippen LogP contribution in [0.1, 0.15) is 44.1 Å². The molecule has 150 valence electrons. The van der Waals surface area contributed by atoms with Crippen molar-refractivity contribution in [2.75, 3.05) is 26.2 Å². The molecule has 2 N–H and O–H groups in total. The van der Waals surface area contributed by atoms with Crippen LogP contribution in [0.25, 0.3) is 6.08 Å². The van der Waals surface area contributed by atoms with Gasteiger partial charge in [-0.1, -0.05) is 54.1 Å². The molecule has 1 aliphatic carbocycles. The molecule has 0 spiro atoms. The number of carbonyl (C=O) groups excluding carboxylic acids is 2. The lowest BCUT2D eigenvalue weighted by atomic mass is 9.97. The number of hydrogen-bond donors (Lipinski definition) is 2. The molecule has 1 unspecified atom stereocenters. The lowest BCUT2D eigenvalue weighted by Gasteiger charge is -2.33. The highest BCUT2D eigenvalue weighted by atomic mass is 16.2. The molecule has 1 saturated heterocycles. The molecular weight excluding hydrogens is 350 g/mol. The van der Waals surface area contributed by atoms with Crippen LogP contribution in [0.2, 0.25) is 0 Å². The predicted molar refractivity (Wildman–Crippen MR) is 113 cm³/mol. The van der Waals surface area contributed by atoms with Gasteiger partial charge in [-0.3, -0.25) is 14.5 Å². The minimum absolute atomic E-state index is 0.0458. The van der Waals surface area contributed by atoms with Gasteiger partial charge >= 0.3 is 0 Å². The third-order valence-corrected chi connectivity index (χ3v) is 5.42. The molecule has 5 nitrogen and oxygen atoms in total. The van der Waals surface area contributed by atoms with E-state index in [0.717, 1.165) is 31.4 Å². The second-order valence-corrected chi connectivity index (χ2v) is 7.53. The van der Waals surface area contributed by atoms with E-state index >= 15 is 0 Å². The van der Waals surface area contributed by atoms with Crippen molar-refractivity contribution in [2.24, 2.45) is 0 Å². The summed E-state index contributed by atoms with van der Waals surface area (Å²) in [4.78, 5) is 26.8. The summed E-state index contributed by atoms with van der Waals surface area (Å²) in [6, 6.07) is 9.70. The Labute approximate surface area is 167 Å². The minimum atomic E-state index is -0.400. The van der Waals surface area contributed by atoms with Gasteiger partial charge in [0.15, 0.2) is 0 Å². The van der Waals surface area contributed by atoms with Gasteiger partial charge in [0.1, 0.15) is 0 Å². The number of amides is 2. The standard InChI is InChI=1S/C23H31N3O2/c27-22(24-14-13-20-10-5-2-6-11-20)18-21-23(28)25-15-17-26(21)16-7-12-19-8-3-1-4-9-19/h1,3-4,7-10,12,21H,2,5-6,11,13-18H2,(H,24,27)(H,25,28). The fourth-order valence-corrected chi connectivity index (χ4v) is 3.83. The first-order valence-electron chi connectivity index (χ1n) is 10.4. The van der Waals surface area contributed by atoms with E-state index in [0.29, 0.717) is 19.6 Å². The first-order valence-corrected chi connectivity index (χ1v) is 10.4. The van der Waals surface area contributed by atoms with Gasteiger partial charge in [0.25, 0.3) is 0 Å². The smallest absolute Gasteiger partial charge is 0.237 e. The summed E-state index contributed by atoms with van der Waals surface area (Å²) in [5, 5.41) is 5.89. The first-order chi connectivity index (χ1) is 13.7. The topological polar surface area (TPSA) is 61.4 Å². The highest BCUT2D eigenvalue weighted by Gasteiger charge is 2.30. The molecule has 0 radical (unpaired) electrons. The van der Waals surface area contributed by atoms with Crippen molar-refractivity contribution in [1.82, 2.24) is 15.5 Å². The molecule has 1 aromatic rings. The second-order valence-electron chi connectivity index (χ2n) is 7.53. The Hall–Kier alpha value is -2.40. The van der Waals surface area contributed by atoms with Crippen LogP contribution in [-0.4, -0.2) is 48.9 Å². The van der Waals surface area contributed by atoms with E-state index in [2.05, 4.69) is 33.8 Å². The van der Waals surface area contributed by atoms with Gasteiger partial charge in [-0.2, -0.15) is 0 Å². The van der Waals surface area contributed by atoms with Crippen LogP contribution in [0, 0.1) is 0 Å². The summed E-state index contributed by atoms with van der Waals surface area (Å²) in [6.45, 7) is 2.71. The molecule has 1 aliphatic heterocycles. The third-order valence-electron chi connectivity index (χ3n) is 5.42. The van der Waals surface area contributed by atoms with Gasteiger partial charge in [0.2, 0.25) is 11.8 Å². The highest BCUT2D eigenvalue weighted by molar-refractivity contribution is 5.88. The van der Waals surface area contributed by atoms with Gasteiger partial charge < -0.3 is 10.6 Å². The zero-order valence-corrected chi connectivity index (χ0v) is 16.5. The summed E-state index contributed by atoms with van der Waals surface area (Å²) >= 11 is 0. The predicted octanol–water partition coefficient (Wildman–Crippen LogP) is 2.90. The summed E-state index contributed by atoms with van der Waals surface area (Å²) in [5.74, 6) is -0.0972. The molecule has 0 aromatic heterocycles. The number of nitrogens with one attached hydrogen (secondary N) is 2. The van der Waals surface area contributed by atoms with Crippen molar-refractivity contribution < 1.29 is 9.59 Å². The normalized spacial score (nSPS) is 20.6. The molecular formula is C23H31N3O2. The number of nitrogens with zero attached hydrogens (tertiary/aromatic N) is 1. The molecule has 2 amide bonds. The van der Waals surface area contributed by atoms with Crippen LogP contribution >= 0.6 is 0 Å². The number of piperazine rings is 1. The maximum Gasteiger partial charge on any atom is 0.237 e. The van der Waals surface area contributed by atoms with Crippen LogP contribution in [0.3, 0.4) is 0 Å². The van der Waals surface area contributed by atoms with Crippen molar-refractivity contribution in [1.29, 1.82) is 0 Å². The van der Waals surface area contributed by atoms with Gasteiger partial charge in [-0.15, -0.1) is 0 Å². The monoisotopic (exact) mass is 381 g/mol. The quantitative estimate of drug-likeness (QED) is 0.681. The number of carbonyl (C=O) groups is 2. The Kier molecular flexibility index (Phi) is 7.85. The summed E-state index contributed by atoms with van der Waals surface area (Å²) < 4.78 is 0. The molecule has 1 atom stereocenters. The SMILES string of the molecule is O=C(CC1C(=O)NCCN1CC=Cc1ccccc1)NCCC1=CCCCC1. The second kappa shape index (κ2) is 10.8. The Bertz CT molecular complexity index is 712. The maximum atomic E-state index is 12.4. The first kappa shape index (κ1) is 20.3. The Morgan fingerprint density at radius 3 is 2.89 bits per heavy atom. The Morgan fingerprint density at radius 1 is 1.25 bits per heavy atom. The van der Waals surface area contributed by atoms with E-state index in [4.69, 9.17) is 0 Å². The zero-order chi connectivity index (χ0) is 19.6. The largest absolute Gasteiger partial charge is 0.356 e. The van der Waals surface area contributed by atoms with E-state index in [9.17, 15) is 9.59 Å². The summed E-state index contributed by atoms with van der Waals surface area (Å²) in [7, 11) is 0.